The Morgan fingerprint density at radius 3 is 2.48 bits per heavy atom. The number of rotatable bonds is 5. The van der Waals surface area contributed by atoms with Gasteiger partial charge in [-0.25, -0.2) is 13.4 Å². The van der Waals surface area contributed by atoms with E-state index in [1.165, 1.54) is 4.31 Å². The largest absolute Gasteiger partial charge is 0.338 e. The van der Waals surface area contributed by atoms with E-state index in [1.807, 2.05) is 43.3 Å². The lowest BCUT2D eigenvalue weighted by Crippen LogP contribution is -2.43. The number of nitrogens with zero attached hydrogens (tertiary/aromatic N) is 2. The van der Waals surface area contributed by atoms with Crippen LogP contribution in [0.4, 0.5) is 5.69 Å². The SMILES string of the molecule is Cc1ccc(S(=O)(=O)N2CCC[C@H]2C(=O)Nc2ccc(-c3nc4ccccc4[nH]3)cc2)cc1. The summed E-state index contributed by atoms with van der Waals surface area (Å²) >= 11 is 0. The number of imidazole rings is 1. The Balaban J connectivity index is 1.32. The summed E-state index contributed by atoms with van der Waals surface area (Å²) in [7, 11) is -3.74. The van der Waals surface area contributed by atoms with Crippen LogP contribution >= 0.6 is 0 Å². The first-order valence-corrected chi connectivity index (χ1v) is 12.3. The van der Waals surface area contributed by atoms with Gasteiger partial charge < -0.3 is 10.3 Å². The fourth-order valence-corrected chi connectivity index (χ4v) is 5.82. The Morgan fingerprint density at radius 1 is 1.03 bits per heavy atom. The van der Waals surface area contributed by atoms with Crippen molar-refractivity contribution in [3.05, 3.63) is 78.4 Å². The van der Waals surface area contributed by atoms with Gasteiger partial charge in [-0.1, -0.05) is 29.8 Å². The smallest absolute Gasteiger partial charge is 0.243 e. The van der Waals surface area contributed by atoms with Gasteiger partial charge in [-0.2, -0.15) is 4.31 Å². The lowest BCUT2D eigenvalue weighted by Gasteiger charge is -2.23. The fraction of sp³-hybridized carbons (Fsp3) is 0.200. The van der Waals surface area contributed by atoms with Gasteiger partial charge in [-0.3, -0.25) is 4.79 Å². The number of nitrogens with one attached hydrogen (secondary N) is 2. The van der Waals surface area contributed by atoms with Crippen LogP contribution in [0.1, 0.15) is 18.4 Å². The van der Waals surface area contributed by atoms with E-state index < -0.39 is 16.1 Å². The second-order valence-electron chi connectivity index (χ2n) is 8.26. The van der Waals surface area contributed by atoms with Gasteiger partial charge in [-0.15, -0.1) is 0 Å². The van der Waals surface area contributed by atoms with Gasteiger partial charge in [0.2, 0.25) is 15.9 Å². The van der Waals surface area contributed by atoms with Crippen molar-refractivity contribution in [3.8, 4) is 11.4 Å². The number of carbonyl (C=O) groups excluding carboxylic acids is 1. The number of fused-ring (bicyclic) bond motifs is 1. The van der Waals surface area contributed by atoms with Gasteiger partial charge >= 0.3 is 0 Å². The molecule has 0 radical (unpaired) electrons. The maximum Gasteiger partial charge on any atom is 0.243 e. The molecule has 0 bridgehead atoms. The van der Waals surface area contributed by atoms with Gasteiger partial charge in [0.1, 0.15) is 11.9 Å². The second-order valence-corrected chi connectivity index (χ2v) is 10.1. The Bertz CT molecular complexity index is 1380. The molecule has 8 heteroatoms. The highest BCUT2D eigenvalue weighted by molar-refractivity contribution is 7.89. The summed E-state index contributed by atoms with van der Waals surface area (Å²) in [6, 6.07) is 21.2. The van der Waals surface area contributed by atoms with Crippen molar-refractivity contribution in [2.75, 3.05) is 11.9 Å². The number of aromatic amines is 1. The van der Waals surface area contributed by atoms with Gasteiger partial charge in [0.25, 0.3) is 0 Å². The van der Waals surface area contributed by atoms with Gasteiger partial charge in [0.05, 0.1) is 15.9 Å². The number of benzene rings is 3. The zero-order chi connectivity index (χ0) is 23.0. The van der Waals surface area contributed by atoms with E-state index in [1.54, 1.807) is 36.4 Å². The van der Waals surface area contributed by atoms with Crippen LogP contribution in [-0.4, -0.2) is 41.2 Å². The monoisotopic (exact) mass is 460 g/mol. The molecule has 33 heavy (non-hydrogen) atoms. The quantitative estimate of drug-likeness (QED) is 0.463. The van der Waals surface area contributed by atoms with Crippen LogP contribution in [0.5, 0.6) is 0 Å². The van der Waals surface area contributed by atoms with Crippen LogP contribution in [0.2, 0.25) is 0 Å². The van der Waals surface area contributed by atoms with E-state index in [-0.39, 0.29) is 10.8 Å². The highest BCUT2D eigenvalue weighted by Gasteiger charge is 2.39. The molecule has 4 aromatic rings. The molecule has 1 amide bonds. The summed E-state index contributed by atoms with van der Waals surface area (Å²) in [5, 5.41) is 2.88. The number of para-hydroxylation sites is 2. The minimum atomic E-state index is -3.74. The number of anilines is 1. The molecule has 0 aliphatic carbocycles. The van der Waals surface area contributed by atoms with E-state index in [0.717, 1.165) is 28.0 Å². The molecule has 1 fully saturated rings. The summed E-state index contributed by atoms with van der Waals surface area (Å²) in [5.74, 6) is 0.430. The van der Waals surface area contributed by atoms with Crippen molar-refractivity contribution in [3.63, 3.8) is 0 Å². The molecule has 2 N–H and O–H groups in total. The third-order valence-electron chi connectivity index (χ3n) is 5.95. The van der Waals surface area contributed by atoms with Gasteiger partial charge in [-0.05, 0) is 68.3 Å². The number of H-pyrrole nitrogens is 1. The molecule has 0 saturated carbocycles. The molecular formula is C25H24N4O3S. The number of hydrogen-bond acceptors (Lipinski definition) is 4. The third kappa shape index (κ3) is 4.15. The summed E-state index contributed by atoms with van der Waals surface area (Å²) in [5.41, 5.74) is 4.34. The Kier molecular flexibility index (Phi) is 5.47. The molecule has 168 valence electrons. The lowest BCUT2D eigenvalue weighted by molar-refractivity contribution is -0.119. The number of aromatic nitrogens is 2. The van der Waals surface area contributed by atoms with Crippen molar-refractivity contribution >= 4 is 32.7 Å². The third-order valence-corrected chi connectivity index (χ3v) is 7.87. The Hall–Kier alpha value is -3.49. The normalized spacial score (nSPS) is 16.8. The standard InChI is InChI=1S/C25H24N4O3S/c1-17-8-14-20(15-9-17)33(31,32)29-16-4-7-23(29)25(30)26-19-12-10-18(11-13-19)24-27-21-5-2-3-6-22(21)28-24/h2-3,5-6,8-15,23H,4,7,16H2,1H3,(H,26,30)(H,27,28)/t23-/m0/s1. The number of hydrogen-bond donors (Lipinski definition) is 2. The average Bonchev–Trinajstić information content (AvgIpc) is 3.48. The minimum Gasteiger partial charge on any atom is -0.338 e. The van der Waals surface area contributed by atoms with Crippen LogP contribution in [0.3, 0.4) is 0 Å². The van der Waals surface area contributed by atoms with Crippen molar-refractivity contribution in [2.45, 2.75) is 30.7 Å². The minimum absolute atomic E-state index is 0.211. The van der Waals surface area contributed by atoms with Crippen LogP contribution < -0.4 is 5.32 Å². The molecule has 0 unspecified atom stereocenters. The van der Waals surface area contributed by atoms with E-state index in [2.05, 4.69) is 15.3 Å². The van der Waals surface area contributed by atoms with Crippen molar-refractivity contribution in [1.29, 1.82) is 0 Å². The molecule has 7 nitrogen and oxygen atoms in total. The average molecular weight is 461 g/mol. The summed E-state index contributed by atoms with van der Waals surface area (Å²) < 4.78 is 27.6. The Labute approximate surface area is 192 Å². The Morgan fingerprint density at radius 2 is 1.76 bits per heavy atom. The molecule has 1 aliphatic heterocycles. The summed E-state index contributed by atoms with van der Waals surface area (Å²) in [4.78, 5) is 21.1. The lowest BCUT2D eigenvalue weighted by atomic mass is 10.1. The van der Waals surface area contributed by atoms with E-state index in [0.29, 0.717) is 25.1 Å². The topological polar surface area (TPSA) is 95.2 Å². The fourth-order valence-electron chi connectivity index (χ4n) is 4.16. The van der Waals surface area contributed by atoms with E-state index >= 15 is 0 Å². The maximum atomic E-state index is 13.1. The highest BCUT2D eigenvalue weighted by atomic mass is 32.2. The van der Waals surface area contributed by atoms with Crippen molar-refractivity contribution in [2.24, 2.45) is 0 Å². The van der Waals surface area contributed by atoms with Crippen LogP contribution in [0, 0.1) is 6.92 Å². The molecule has 1 aromatic heterocycles. The van der Waals surface area contributed by atoms with E-state index in [4.69, 9.17) is 0 Å². The maximum absolute atomic E-state index is 13.1. The predicted molar refractivity (Wildman–Crippen MR) is 128 cm³/mol. The number of aryl methyl sites for hydroxylation is 1. The number of amides is 1. The second kappa shape index (κ2) is 8.46. The number of carbonyl (C=O) groups is 1. The molecule has 1 saturated heterocycles. The first kappa shape index (κ1) is 21.4. The van der Waals surface area contributed by atoms with Crippen molar-refractivity contribution < 1.29 is 13.2 Å². The first-order valence-electron chi connectivity index (χ1n) is 10.9. The first-order chi connectivity index (χ1) is 15.9. The zero-order valence-electron chi connectivity index (χ0n) is 18.2. The van der Waals surface area contributed by atoms with Gasteiger partial charge in [0, 0.05) is 17.8 Å². The van der Waals surface area contributed by atoms with E-state index in [9.17, 15) is 13.2 Å². The van der Waals surface area contributed by atoms with Crippen LogP contribution in [-0.2, 0) is 14.8 Å². The summed E-state index contributed by atoms with van der Waals surface area (Å²) in [6.45, 7) is 2.24. The summed E-state index contributed by atoms with van der Waals surface area (Å²) in [6.07, 6.45) is 1.14. The van der Waals surface area contributed by atoms with Gasteiger partial charge in [0.15, 0.2) is 0 Å². The molecule has 3 aromatic carbocycles. The molecule has 1 atom stereocenters. The molecular weight excluding hydrogens is 436 g/mol. The zero-order valence-corrected chi connectivity index (χ0v) is 19.0. The predicted octanol–water partition coefficient (Wildman–Crippen LogP) is 4.33. The molecule has 2 heterocycles. The number of sulfonamides is 1. The molecule has 5 rings (SSSR count). The van der Waals surface area contributed by atoms with Crippen molar-refractivity contribution in [1.82, 2.24) is 14.3 Å². The van der Waals surface area contributed by atoms with Crippen LogP contribution in [0.15, 0.2) is 77.7 Å². The molecule has 0 spiro atoms. The van der Waals surface area contributed by atoms with Crippen LogP contribution in [0.25, 0.3) is 22.4 Å². The highest BCUT2D eigenvalue weighted by Crippen LogP contribution is 2.28. The molecule has 1 aliphatic rings.